The van der Waals surface area contributed by atoms with Gasteiger partial charge < -0.3 is 14.2 Å². The summed E-state index contributed by atoms with van der Waals surface area (Å²) in [5.74, 6) is -1.49. The van der Waals surface area contributed by atoms with Crippen LogP contribution in [0.5, 0.6) is 5.75 Å². The minimum atomic E-state index is -0.968. The van der Waals surface area contributed by atoms with E-state index in [-0.39, 0.29) is 26.2 Å². The molecule has 0 atom stereocenters. The van der Waals surface area contributed by atoms with Crippen LogP contribution in [0.25, 0.3) is 0 Å². The maximum absolute atomic E-state index is 11.9. The molecule has 5 nitrogen and oxygen atoms in total. The molecule has 0 heterocycles. The lowest BCUT2D eigenvalue weighted by molar-refractivity contribution is -0.162. The van der Waals surface area contributed by atoms with Crippen LogP contribution in [0.2, 0.25) is 5.02 Å². The van der Waals surface area contributed by atoms with Crippen LogP contribution in [-0.4, -0.2) is 31.8 Å². The molecule has 0 spiro atoms. The Hall–Kier alpha value is -1.75. The van der Waals surface area contributed by atoms with E-state index in [1.54, 1.807) is 13.8 Å². The highest BCUT2D eigenvalue weighted by atomic mass is 35.5. The van der Waals surface area contributed by atoms with Gasteiger partial charge in [0.1, 0.15) is 5.75 Å². The van der Waals surface area contributed by atoms with E-state index in [2.05, 4.69) is 0 Å². The molecule has 0 aliphatic heterocycles. The van der Waals surface area contributed by atoms with Crippen molar-refractivity contribution in [3.05, 3.63) is 28.3 Å². The summed E-state index contributed by atoms with van der Waals surface area (Å²) in [7, 11) is 0. The molecule has 1 rings (SSSR count). The molecule has 0 aromatic heterocycles. The van der Waals surface area contributed by atoms with Gasteiger partial charge in [0.05, 0.1) is 19.8 Å². The van der Waals surface area contributed by atoms with Crippen LogP contribution in [0.1, 0.15) is 31.4 Å². The van der Waals surface area contributed by atoms with Gasteiger partial charge in [-0.25, -0.2) is 0 Å². The molecule has 6 heteroatoms. The van der Waals surface area contributed by atoms with Gasteiger partial charge in [0, 0.05) is 11.4 Å². The van der Waals surface area contributed by atoms with Crippen molar-refractivity contribution in [3.63, 3.8) is 0 Å². The highest BCUT2D eigenvalue weighted by Crippen LogP contribution is 2.26. The number of halogens is 1. The lowest BCUT2D eigenvalue weighted by Gasteiger charge is -2.15. The Morgan fingerprint density at radius 2 is 1.52 bits per heavy atom. The van der Waals surface area contributed by atoms with Crippen molar-refractivity contribution in [2.75, 3.05) is 19.8 Å². The standard InChI is InChI=1S/C17H23ClO5/c1-5-21-16(19)14(17(20)22-6-2)7-8-23-13-9-11(3)15(18)12(4)10-13/h9-10,14H,5-8H2,1-4H3. The summed E-state index contributed by atoms with van der Waals surface area (Å²) < 4.78 is 15.5. The van der Waals surface area contributed by atoms with Crippen molar-refractivity contribution >= 4 is 23.5 Å². The fourth-order valence-corrected chi connectivity index (χ4v) is 2.21. The Bertz CT molecular complexity index is 515. The first-order valence-corrected chi connectivity index (χ1v) is 8.01. The molecule has 0 saturated carbocycles. The fourth-order valence-electron chi connectivity index (χ4n) is 2.10. The number of carbonyl (C=O) groups excluding carboxylic acids is 2. The smallest absolute Gasteiger partial charge is 0.320 e. The zero-order valence-corrected chi connectivity index (χ0v) is 14.7. The van der Waals surface area contributed by atoms with Crippen LogP contribution < -0.4 is 4.74 Å². The summed E-state index contributed by atoms with van der Waals surface area (Å²) in [5, 5.41) is 0.702. The Morgan fingerprint density at radius 3 is 1.96 bits per heavy atom. The molecule has 1 aromatic rings. The van der Waals surface area contributed by atoms with E-state index in [9.17, 15) is 9.59 Å². The summed E-state index contributed by atoms with van der Waals surface area (Å²) in [6, 6.07) is 3.64. The van der Waals surface area contributed by atoms with Gasteiger partial charge in [-0.1, -0.05) is 11.6 Å². The van der Waals surface area contributed by atoms with Gasteiger partial charge in [0.15, 0.2) is 5.92 Å². The van der Waals surface area contributed by atoms with Crippen LogP contribution in [0, 0.1) is 19.8 Å². The molecule has 0 aliphatic carbocycles. The Kier molecular flexibility index (Phi) is 7.89. The summed E-state index contributed by atoms with van der Waals surface area (Å²) in [6.07, 6.45) is 0.193. The van der Waals surface area contributed by atoms with Gasteiger partial charge in [-0.3, -0.25) is 9.59 Å². The SMILES string of the molecule is CCOC(=O)C(CCOc1cc(C)c(Cl)c(C)c1)C(=O)OCC. The first kappa shape index (κ1) is 19.3. The number of esters is 2. The van der Waals surface area contributed by atoms with Gasteiger partial charge in [0.25, 0.3) is 0 Å². The second-order valence-corrected chi connectivity index (χ2v) is 5.44. The van der Waals surface area contributed by atoms with E-state index >= 15 is 0 Å². The summed E-state index contributed by atoms with van der Waals surface area (Å²) in [5.41, 5.74) is 1.82. The number of rotatable bonds is 8. The van der Waals surface area contributed by atoms with Crippen LogP contribution in [-0.2, 0) is 19.1 Å². The maximum atomic E-state index is 11.9. The van der Waals surface area contributed by atoms with Crippen molar-refractivity contribution in [3.8, 4) is 5.75 Å². The number of ether oxygens (including phenoxy) is 3. The second kappa shape index (κ2) is 9.40. The van der Waals surface area contributed by atoms with E-state index in [0.29, 0.717) is 10.8 Å². The Labute approximate surface area is 141 Å². The van der Waals surface area contributed by atoms with Crippen molar-refractivity contribution in [1.82, 2.24) is 0 Å². The molecule has 0 N–H and O–H groups in total. The highest BCUT2D eigenvalue weighted by molar-refractivity contribution is 6.32. The predicted molar refractivity (Wildman–Crippen MR) is 87.8 cm³/mol. The number of hydrogen-bond acceptors (Lipinski definition) is 5. The molecular weight excluding hydrogens is 320 g/mol. The van der Waals surface area contributed by atoms with Crippen LogP contribution in [0.15, 0.2) is 12.1 Å². The van der Waals surface area contributed by atoms with Gasteiger partial charge in [-0.05, 0) is 51.0 Å². The van der Waals surface area contributed by atoms with Crippen molar-refractivity contribution in [1.29, 1.82) is 0 Å². The first-order chi connectivity index (χ1) is 10.9. The summed E-state index contributed by atoms with van der Waals surface area (Å²) >= 11 is 6.11. The minimum absolute atomic E-state index is 0.193. The predicted octanol–water partition coefficient (Wildman–Crippen LogP) is 3.47. The molecule has 128 valence electrons. The zero-order chi connectivity index (χ0) is 17.4. The Balaban J connectivity index is 2.68. The van der Waals surface area contributed by atoms with Crippen LogP contribution in [0.3, 0.4) is 0 Å². The van der Waals surface area contributed by atoms with Gasteiger partial charge in [-0.2, -0.15) is 0 Å². The molecule has 0 fully saturated rings. The zero-order valence-electron chi connectivity index (χ0n) is 14.0. The van der Waals surface area contributed by atoms with Crippen molar-refractivity contribution < 1.29 is 23.8 Å². The van der Waals surface area contributed by atoms with E-state index in [0.717, 1.165) is 11.1 Å². The molecule has 23 heavy (non-hydrogen) atoms. The minimum Gasteiger partial charge on any atom is -0.494 e. The number of hydrogen-bond donors (Lipinski definition) is 0. The van der Waals surface area contributed by atoms with E-state index < -0.39 is 17.9 Å². The number of aryl methyl sites for hydroxylation is 2. The average Bonchev–Trinajstić information content (AvgIpc) is 2.49. The number of carbonyl (C=O) groups is 2. The summed E-state index contributed by atoms with van der Waals surface area (Å²) in [4.78, 5) is 23.7. The third-order valence-electron chi connectivity index (χ3n) is 3.23. The van der Waals surface area contributed by atoms with Gasteiger partial charge in [-0.15, -0.1) is 0 Å². The van der Waals surface area contributed by atoms with Gasteiger partial charge in [0.2, 0.25) is 0 Å². The van der Waals surface area contributed by atoms with E-state index in [1.165, 1.54) is 0 Å². The quantitative estimate of drug-likeness (QED) is 0.534. The van der Waals surface area contributed by atoms with Crippen molar-refractivity contribution in [2.45, 2.75) is 34.1 Å². The molecule has 0 saturated heterocycles. The molecule has 0 amide bonds. The van der Waals surface area contributed by atoms with E-state index in [1.807, 2.05) is 26.0 Å². The van der Waals surface area contributed by atoms with Crippen LogP contribution >= 0.6 is 11.6 Å². The molecule has 1 aromatic carbocycles. The molecule has 0 bridgehead atoms. The highest BCUT2D eigenvalue weighted by Gasteiger charge is 2.29. The Morgan fingerprint density at radius 1 is 1.04 bits per heavy atom. The molecule has 0 aliphatic rings. The fraction of sp³-hybridized carbons (Fsp3) is 0.529. The topological polar surface area (TPSA) is 61.8 Å². The van der Waals surface area contributed by atoms with E-state index in [4.69, 9.17) is 25.8 Å². The van der Waals surface area contributed by atoms with Gasteiger partial charge >= 0.3 is 11.9 Å². The average molecular weight is 343 g/mol. The first-order valence-electron chi connectivity index (χ1n) is 7.63. The second-order valence-electron chi connectivity index (χ2n) is 5.06. The lowest BCUT2D eigenvalue weighted by Crippen LogP contribution is -2.29. The third-order valence-corrected chi connectivity index (χ3v) is 3.82. The maximum Gasteiger partial charge on any atom is 0.320 e. The van der Waals surface area contributed by atoms with Crippen LogP contribution in [0.4, 0.5) is 0 Å². The molecular formula is C17H23ClO5. The third kappa shape index (κ3) is 5.75. The summed E-state index contributed by atoms with van der Waals surface area (Å²) in [6.45, 7) is 7.79. The lowest BCUT2D eigenvalue weighted by atomic mass is 10.1. The normalized spacial score (nSPS) is 10.5. The number of benzene rings is 1. The monoisotopic (exact) mass is 342 g/mol. The molecule has 0 radical (unpaired) electrons. The largest absolute Gasteiger partial charge is 0.494 e. The molecule has 0 unspecified atom stereocenters. The van der Waals surface area contributed by atoms with Crippen molar-refractivity contribution in [2.24, 2.45) is 5.92 Å².